The maximum atomic E-state index is 13.4. The van der Waals surface area contributed by atoms with Crippen LogP contribution in [0.2, 0.25) is 0 Å². The molecule has 10 nitrogen and oxygen atoms in total. The zero-order valence-corrected chi connectivity index (χ0v) is 18.8. The Bertz CT molecular complexity index is 1420. The van der Waals surface area contributed by atoms with Crippen molar-refractivity contribution in [3.8, 4) is 22.6 Å². The molecule has 2 aliphatic heterocycles. The lowest BCUT2D eigenvalue weighted by Crippen LogP contribution is -2.33. The smallest absolute Gasteiger partial charge is 0.260 e. The average Bonchev–Trinajstić information content (AvgIpc) is 3.28. The van der Waals surface area contributed by atoms with Gasteiger partial charge in [0.2, 0.25) is 0 Å². The molecule has 2 aromatic heterocycles. The number of carbonyl (C=O) groups is 1. The monoisotopic (exact) mass is 465 g/mol. The van der Waals surface area contributed by atoms with E-state index < -0.39 is 0 Å². The third-order valence-electron chi connectivity index (χ3n) is 6.74. The Morgan fingerprint density at radius 2 is 1.71 bits per heavy atom. The van der Waals surface area contributed by atoms with Crippen molar-refractivity contribution in [3.05, 3.63) is 83.7 Å². The number of amides is 1. The van der Waals surface area contributed by atoms with Gasteiger partial charge < -0.3 is 4.57 Å². The van der Waals surface area contributed by atoms with E-state index in [1.165, 1.54) is 0 Å². The zero-order chi connectivity index (χ0) is 23.4. The van der Waals surface area contributed by atoms with Gasteiger partial charge in [0.05, 0.1) is 6.54 Å². The lowest BCUT2D eigenvalue weighted by atomic mass is 9.99. The van der Waals surface area contributed by atoms with Crippen LogP contribution in [-0.4, -0.2) is 25.7 Å². The molecule has 4 aromatic rings. The summed E-state index contributed by atoms with van der Waals surface area (Å²) in [7, 11) is 0. The highest BCUT2D eigenvalue weighted by Gasteiger charge is 2.31. The van der Waals surface area contributed by atoms with E-state index in [9.17, 15) is 4.79 Å². The molecule has 1 saturated carbocycles. The minimum absolute atomic E-state index is 0.0133. The number of carbonyl (C=O) groups excluding carboxylic acids is 1. The topological polar surface area (TPSA) is 112 Å². The second kappa shape index (κ2) is 8.07. The molecule has 0 radical (unpaired) electrons. The van der Waals surface area contributed by atoms with Crippen molar-refractivity contribution in [2.45, 2.75) is 31.6 Å². The molecule has 0 spiro atoms. The van der Waals surface area contributed by atoms with E-state index in [0.717, 1.165) is 46.6 Å². The number of aromatic nitrogens is 4. The Morgan fingerprint density at radius 1 is 0.914 bits per heavy atom. The number of fused-ring (bicyclic) bond motifs is 1. The number of hydrogen-bond donors (Lipinski definition) is 4. The van der Waals surface area contributed by atoms with Crippen LogP contribution in [-0.2, 0) is 6.54 Å². The fourth-order valence-corrected chi connectivity index (χ4v) is 4.70. The van der Waals surface area contributed by atoms with Crippen LogP contribution in [0.25, 0.3) is 22.6 Å². The van der Waals surface area contributed by atoms with Crippen LogP contribution >= 0.6 is 0 Å². The van der Waals surface area contributed by atoms with Crippen molar-refractivity contribution < 1.29 is 4.79 Å². The van der Waals surface area contributed by atoms with Crippen molar-refractivity contribution in [2.75, 3.05) is 4.90 Å². The molecule has 0 atom stereocenters. The van der Waals surface area contributed by atoms with Gasteiger partial charge in [-0.25, -0.2) is 15.8 Å². The Hall–Kier alpha value is -3.96. The van der Waals surface area contributed by atoms with Crippen LogP contribution in [0.5, 0.6) is 0 Å². The molecule has 1 saturated heterocycles. The predicted octanol–water partition coefficient (Wildman–Crippen LogP) is 2.62. The van der Waals surface area contributed by atoms with Gasteiger partial charge in [0, 0.05) is 11.6 Å². The summed E-state index contributed by atoms with van der Waals surface area (Å²) < 4.78 is 2.08. The third-order valence-corrected chi connectivity index (χ3v) is 6.74. The molecule has 35 heavy (non-hydrogen) atoms. The van der Waals surface area contributed by atoms with Crippen LogP contribution in [0.1, 0.15) is 46.5 Å². The summed E-state index contributed by atoms with van der Waals surface area (Å²) in [5.74, 6) is 1.33. The number of anilines is 1. The van der Waals surface area contributed by atoms with Gasteiger partial charge in [0.25, 0.3) is 5.91 Å². The Labute approximate surface area is 201 Å². The molecule has 1 aliphatic carbocycles. The van der Waals surface area contributed by atoms with E-state index in [4.69, 9.17) is 4.98 Å². The summed E-state index contributed by atoms with van der Waals surface area (Å²) in [5, 5.41) is 8.36. The normalized spacial score (nSPS) is 17.8. The summed E-state index contributed by atoms with van der Waals surface area (Å²) in [6, 6.07) is 20.5. The zero-order valence-electron chi connectivity index (χ0n) is 18.8. The second-order valence-corrected chi connectivity index (χ2v) is 9.03. The molecule has 0 bridgehead atoms. The maximum Gasteiger partial charge on any atom is 0.260 e. The summed E-state index contributed by atoms with van der Waals surface area (Å²) >= 11 is 0. The largest absolute Gasteiger partial charge is 0.309 e. The second-order valence-electron chi connectivity index (χ2n) is 9.03. The number of benzene rings is 2. The molecule has 174 valence electrons. The Morgan fingerprint density at radius 3 is 2.51 bits per heavy atom. The number of hydrazine groups is 3. The van der Waals surface area contributed by atoms with Gasteiger partial charge in [0.15, 0.2) is 5.82 Å². The lowest BCUT2D eigenvalue weighted by molar-refractivity contribution is 0.0996. The maximum absolute atomic E-state index is 13.4. The lowest BCUT2D eigenvalue weighted by Gasteiger charge is -2.15. The minimum Gasteiger partial charge on any atom is -0.309 e. The highest BCUT2D eigenvalue weighted by atomic mass is 16.2. The molecule has 3 aliphatic rings. The van der Waals surface area contributed by atoms with Gasteiger partial charge in [-0.15, -0.1) is 10.2 Å². The van der Waals surface area contributed by atoms with Gasteiger partial charge in [-0.3, -0.25) is 9.69 Å². The summed E-state index contributed by atoms with van der Waals surface area (Å²) in [5.41, 5.74) is 17.4. The average molecular weight is 466 g/mol. The SMILES string of the molecule is O=C1c2cc(-c3ccc(C4NNNN4)cc3)ccc2CN1c1cccc(-c2nncn2C2CC2)n1. The van der Waals surface area contributed by atoms with E-state index in [1.807, 2.05) is 30.3 Å². The van der Waals surface area contributed by atoms with E-state index >= 15 is 0 Å². The molecule has 10 heteroatoms. The molecular weight excluding hydrogens is 442 g/mol. The first kappa shape index (κ1) is 20.4. The van der Waals surface area contributed by atoms with Gasteiger partial charge in [-0.2, -0.15) is 11.1 Å². The number of rotatable bonds is 5. The van der Waals surface area contributed by atoms with Crippen LogP contribution in [0, 0.1) is 0 Å². The molecule has 0 unspecified atom stereocenters. The van der Waals surface area contributed by atoms with Gasteiger partial charge in [-0.1, -0.05) is 42.5 Å². The molecule has 4 heterocycles. The standard InChI is InChI=1S/C25H23N9O/c35-25-20-12-17(15-4-6-16(7-5-15)23-28-31-32-29-23)8-9-18(20)13-33(25)22-3-1-2-21(27-22)24-30-26-14-34(24)19-10-11-19/h1-9,12,14,19,23,28-29,31-32H,10-11,13H2. The van der Waals surface area contributed by atoms with E-state index in [0.29, 0.717) is 24.0 Å². The quantitative estimate of drug-likeness (QED) is 0.356. The fourth-order valence-electron chi connectivity index (χ4n) is 4.70. The van der Waals surface area contributed by atoms with Crippen molar-refractivity contribution in [1.29, 1.82) is 0 Å². The molecule has 4 N–H and O–H groups in total. The summed E-state index contributed by atoms with van der Waals surface area (Å²) in [6.45, 7) is 0.498. The van der Waals surface area contributed by atoms with Crippen molar-refractivity contribution in [1.82, 2.24) is 41.7 Å². The summed E-state index contributed by atoms with van der Waals surface area (Å²) in [4.78, 5) is 19.9. The molecule has 2 fully saturated rings. The first-order valence-electron chi connectivity index (χ1n) is 11.7. The van der Waals surface area contributed by atoms with Crippen LogP contribution < -0.4 is 26.8 Å². The van der Waals surface area contributed by atoms with E-state index in [-0.39, 0.29) is 12.1 Å². The van der Waals surface area contributed by atoms with Crippen molar-refractivity contribution >= 4 is 11.7 Å². The van der Waals surface area contributed by atoms with Crippen LogP contribution in [0.15, 0.2) is 67.0 Å². The fraction of sp³-hybridized carbons (Fsp3) is 0.200. The Kier molecular flexibility index (Phi) is 4.71. The van der Waals surface area contributed by atoms with Gasteiger partial charge >= 0.3 is 0 Å². The number of hydrogen-bond acceptors (Lipinski definition) is 8. The van der Waals surface area contributed by atoms with E-state index in [2.05, 4.69) is 67.0 Å². The predicted molar refractivity (Wildman–Crippen MR) is 129 cm³/mol. The highest BCUT2D eigenvalue weighted by molar-refractivity contribution is 6.10. The van der Waals surface area contributed by atoms with Crippen molar-refractivity contribution in [3.63, 3.8) is 0 Å². The Balaban J connectivity index is 1.15. The first-order valence-corrected chi connectivity index (χ1v) is 11.7. The van der Waals surface area contributed by atoms with E-state index in [1.54, 1.807) is 11.2 Å². The van der Waals surface area contributed by atoms with Gasteiger partial charge in [0.1, 0.15) is 24.0 Å². The van der Waals surface area contributed by atoms with Crippen LogP contribution in [0.4, 0.5) is 5.82 Å². The highest BCUT2D eigenvalue weighted by Crippen LogP contribution is 2.38. The molecule has 2 aromatic carbocycles. The number of pyridine rings is 1. The van der Waals surface area contributed by atoms with Crippen LogP contribution in [0.3, 0.4) is 0 Å². The number of nitrogens with one attached hydrogen (secondary N) is 4. The molecular formula is C25H23N9O. The van der Waals surface area contributed by atoms with Gasteiger partial charge in [-0.05, 0) is 53.3 Å². The minimum atomic E-state index is -0.0386. The number of nitrogens with zero attached hydrogens (tertiary/aromatic N) is 5. The van der Waals surface area contributed by atoms with Crippen molar-refractivity contribution in [2.24, 2.45) is 0 Å². The first-order chi connectivity index (χ1) is 17.2. The summed E-state index contributed by atoms with van der Waals surface area (Å²) in [6.07, 6.45) is 4.03. The molecule has 7 rings (SSSR count). The molecule has 1 amide bonds. The third kappa shape index (κ3) is 3.60.